The van der Waals surface area contributed by atoms with Crippen molar-refractivity contribution < 1.29 is 14.3 Å². The van der Waals surface area contributed by atoms with Crippen LogP contribution in [0.1, 0.15) is 23.7 Å². The first-order valence-corrected chi connectivity index (χ1v) is 7.20. The van der Waals surface area contributed by atoms with Crippen molar-refractivity contribution in [1.29, 1.82) is 0 Å². The minimum absolute atomic E-state index is 0.0594. The van der Waals surface area contributed by atoms with Crippen LogP contribution < -0.4 is 5.32 Å². The maximum Gasteiger partial charge on any atom is 0.257 e. The number of aromatic nitrogens is 1. The first-order valence-electron chi connectivity index (χ1n) is 7.20. The lowest BCUT2D eigenvalue weighted by molar-refractivity contribution is 0.0628. The molecule has 0 fully saturated rings. The van der Waals surface area contributed by atoms with E-state index in [0.29, 0.717) is 37.7 Å². The maximum atomic E-state index is 12.7. The summed E-state index contributed by atoms with van der Waals surface area (Å²) in [5.74, 6) is 0.569. The van der Waals surface area contributed by atoms with Gasteiger partial charge in [0.2, 0.25) is 0 Å². The van der Waals surface area contributed by atoms with Crippen molar-refractivity contribution in [1.82, 2.24) is 9.88 Å². The Balaban J connectivity index is 2.85. The van der Waals surface area contributed by atoms with Crippen LogP contribution in [0.25, 0.3) is 0 Å². The largest absolute Gasteiger partial charge is 0.383 e. The third-order valence-corrected chi connectivity index (χ3v) is 3.00. The number of rotatable bonds is 10. The Kier molecular flexibility index (Phi) is 8.38. The molecule has 0 bridgehead atoms. The molecule has 0 aliphatic heterocycles. The number of nitrogens with zero attached hydrogens (tertiary/aromatic N) is 2. The summed E-state index contributed by atoms with van der Waals surface area (Å²) in [5.41, 5.74) is 0.582. The molecule has 1 aromatic rings. The molecule has 0 unspecified atom stereocenters. The summed E-state index contributed by atoms with van der Waals surface area (Å²) in [7, 11) is 3.24. The average molecular weight is 295 g/mol. The molecule has 1 rings (SSSR count). The number of pyridine rings is 1. The Morgan fingerprint density at radius 1 is 1.29 bits per heavy atom. The summed E-state index contributed by atoms with van der Waals surface area (Å²) in [6, 6.07) is 3.56. The highest BCUT2D eigenvalue weighted by molar-refractivity contribution is 5.98. The lowest BCUT2D eigenvalue weighted by atomic mass is 10.2. The third-order valence-electron chi connectivity index (χ3n) is 3.00. The molecule has 1 N–H and O–H groups in total. The van der Waals surface area contributed by atoms with E-state index in [2.05, 4.69) is 17.2 Å². The van der Waals surface area contributed by atoms with Gasteiger partial charge in [0.05, 0.1) is 18.8 Å². The second-order valence-corrected chi connectivity index (χ2v) is 4.60. The molecule has 0 aromatic carbocycles. The predicted molar refractivity (Wildman–Crippen MR) is 82.7 cm³/mol. The van der Waals surface area contributed by atoms with E-state index in [0.717, 1.165) is 13.0 Å². The van der Waals surface area contributed by atoms with Crippen molar-refractivity contribution in [2.24, 2.45) is 0 Å². The van der Waals surface area contributed by atoms with E-state index in [1.54, 1.807) is 37.4 Å². The molecule has 0 aliphatic carbocycles. The van der Waals surface area contributed by atoms with Crippen LogP contribution in [-0.2, 0) is 9.47 Å². The summed E-state index contributed by atoms with van der Waals surface area (Å²) in [6.07, 6.45) is 2.66. The number of nitrogens with one attached hydrogen (secondary N) is 1. The fourth-order valence-corrected chi connectivity index (χ4v) is 1.85. The van der Waals surface area contributed by atoms with E-state index in [1.165, 1.54) is 0 Å². The molecule has 0 spiro atoms. The highest BCUT2D eigenvalue weighted by Gasteiger charge is 2.19. The van der Waals surface area contributed by atoms with Gasteiger partial charge < -0.3 is 19.7 Å². The molecular weight excluding hydrogens is 270 g/mol. The molecule has 1 amide bonds. The van der Waals surface area contributed by atoms with Gasteiger partial charge in [0.25, 0.3) is 5.91 Å². The van der Waals surface area contributed by atoms with E-state index in [4.69, 9.17) is 9.47 Å². The molecule has 0 saturated carbocycles. The Morgan fingerprint density at radius 3 is 2.52 bits per heavy atom. The van der Waals surface area contributed by atoms with E-state index in [-0.39, 0.29) is 5.91 Å². The Hall–Kier alpha value is -1.66. The Morgan fingerprint density at radius 2 is 1.95 bits per heavy atom. The zero-order valence-corrected chi connectivity index (χ0v) is 13.1. The first-order chi connectivity index (χ1) is 10.2. The van der Waals surface area contributed by atoms with Gasteiger partial charge in [-0.1, -0.05) is 6.92 Å². The van der Waals surface area contributed by atoms with Gasteiger partial charge in [0, 0.05) is 40.1 Å². The summed E-state index contributed by atoms with van der Waals surface area (Å²) >= 11 is 0. The maximum absolute atomic E-state index is 12.7. The normalized spacial score (nSPS) is 10.4. The monoisotopic (exact) mass is 295 g/mol. The number of hydrogen-bond donors (Lipinski definition) is 1. The van der Waals surface area contributed by atoms with Crippen molar-refractivity contribution in [3.05, 3.63) is 23.9 Å². The standard InChI is InChI=1S/C15H25N3O3/c1-4-7-16-14-13(6-5-8-17-14)15(19)18(9-11-20-2)10-12-21-3/h5-6,8H,4,7,9-12H2,1-3H3,(H,16,17). The van der Waals surface area contributed by atoms with Crippen molar-refractivity contribution >= 4 is 11.7 Å². The number of carbonyl (C=O) groups excluding carboxylic acids is 1. The van der Waals surface area contributed by atoms with Crippen LogP contribution in [0.5, 0.6) is 0 Å². The predicted octanol–water partition coefficient (Wildman–Crippen LogP) is 1.64. The van der Waals surface area contributed by atoms with Gasteiger partial charge >= 0.3 is 0 Å². The van der Waals surface area contributed by atoms with Crippen molar-refractivity contribution in [3.63, 3.8) is 0 Å². The summed E-state index contributed by atoms with van der Waals surface area (Å²) in [4.78, 5) is 18.7. The van der Waals surface area contributed by atoms with Gasteiger partial charge in [-0.3, -0.25) is 4.79 Å². The lowest BCUT2D eigenvalue weighted by Crippen LogP contribution is -2.37. The quantitative estimate of drug-likeness (QED) is 0.711. The molecule has 0 aliphatic rings. The van der Waals surface area contributed by atoms with Gasteiger partial charge in [-0.15, -0.1) is 0 Å². The third kappa shape index (κ3) is 5.69. The van der Waals surface area contributed by atoms with Crippen molar-refractivity contribution in [3.8, 4) is 0 Å². The summed E-state index contributed by atoms with van der Waals surface area (Å²) in [5, 5.41) is 3.19. The molecule has 0 radical (unpaired) electrons. The number of hydrogen-bond acceptors (Lipinski definition) is 5. The molecule has 21 heavy (non-hydrogen) atoms. The second kappa shape index (κ2) is 10.1. The van der Waals surface area contributed by atoms with Crippen LogP contribution >= 0.6 is 0 Å². The lowest BCUT2D eigenvalue weighted by Gasteiger charge is -2.23. The van der Waals surface area contributed by atoms with Gasteiger partial charge in [-0.25, -0.2) is 4.98 Å². The first kappa shape index (κ1) is 17.4. The minimum Gasteiger partial charge on any atom is -0.383 e. The molecule has 6 heteroatoms. The van der Waals surface area contributed by atoms with Gasteiger partial charge in [-0.05, 0) is 18.6 Å². The molecule has 6 nitrogen and oxygen atoms in total. The molecule has 0 atom stereocenters. The van der Waals surface area contributed by atoms with Crippen LogP contribution in [0.2, 0.25) is 0 Å². The fourth-order valence-electron chi connectivity index (χ4n) is 1.85. The Bertz CT molecular complexity index is 418. The van der Waals surface area contributed by atoms with Gasteiger partial charge in [0.15, 0.2) is 0 Å². The van der Waals surface area contributed by atoms with Gasteiger partial charge in [-0.2, -0.15) is 0 Å². The molecule has 1 aromatic heterocycles. The van der Waals surface area contributed by atoms with Gasteiger partial charge in [0.1, 0.15) is 5.82 Å². The van der Waals surface area contributed by atoms with Crippen LogP contribution in [0, 0.1) is 0 Å². The van der Waals surface area contributed by atoms with Crippen molar-refractivity contribution in [2.45, 2.75) is 13.3 Å². The molecule has 118 valence electrons. The zero-order valence-electron chi connectivity index (χ0n) is 13.1. The molecule has 1 heterocycles. The average Bonchev–Trinajstić information content (AvgIpc) is 2.52. The number of carbonyl (C=O) groups is 1. The molecule has 0 saturated heterocycles. The highest BCUT2D eigenvalue weighted by Crippen LogP contribution is 2.14. The summed E-state index contributed by atoms with van der Waals surface area (Å²) in [6.45, 7) is 4.90. The van der Waals surface area contributed by atoms with E-state index < -0.39 is 0 Å². The topological polar surface area (TPSA) is 63.7 Å². The fraction of sp³-hybridized carbons (Fsp3) is 0.600. The van der Waals surface area contributed by atoms with Crippen LogP contribution in [-0.4, -0.2) is 62.9 Å². The second-order valence-electron chi connectivity index (χ2n) is 4.60. The SMILES string of the molecule is CCCNc1ncccc1C(=O)N(CCOC)CCOC. The van der Waals surface area contributed by atoms with E-state index >= 15 is 0 Å². The number of amides is 1. The number of methoxy groups -OCH3 is 2. The molecular formula is C15H25N3O3. The zero-order chi connectivity index (χ0) is 15.5. The van der Waals surface area contributed by atoms with Crippen molar-refractivity contribution in [2.75, 3.05) is 52.4 Å². The smallest absolute Gasteiger partial charge is 0.257 e. The number of anilines is 1. The van der Waals surface area contributed by atoms with E-state index in [1.807, 2.05) is 0 Å². The van der Waals surface area contributed by atoms with E-state index in [9.17, 15) is 4.79 Å². The Labute approximate surface area is 126 Å². The van der Waals surface area contributed by atoms with Crippen LogP contribution in [0.3, 0.4) is 0 Å². The highest BCUT2D eigenvalue weighted by atomic mass is 16.5. The summed E-state index contributed by atoms with van der Waals surface area (Å²) < 4.78 is 10.1. The minimum atomic E-state index is -0.0594. The number of ether oxygens (including phenoxy) is 2. The van der Waals surface area contributed by atoms with Crippen LogP contribution in [0.4, 0.5) is 5.82 Å². The van der Waals surface area contributed by atoms with Crippen LogP contribution in [0.15, 0.2) is 18.3 Å².